The van der Waals surface area contributed by atoms with Crippen molar-refractivity contribution in [2.75, 3.05) is 26.3 Å². The summed E-state index contributed by atoms with van der Waals surface area (Å²) in [6.45, 7) is 7.35. The predicted octanol–water partition coefficient (Wildman–Crippen LogP) is 0.536. The Morgan fingerprint density at radius 1 is 1.41 bits per heavy atom. The zero-order valence-corrected chi connectivity index (χ0v) is 17.4. The van der Waals surface area contributed by atoms with Crippen molar-refractivity contribution in [2.24, 2.45) is 11.8 Å². The first-order valence-electron chi connectivity index (χ1n) is 10.3. The number of aromatic nitrogens is 2. The van der Waals surface area contributed by atoms with Crippen LogP contribution < -0.4 is 5.32 Å². The van der Waals surface area contributed by atoms with E-state index in [0.717, 1.165) is 12.1 Å². The molecule has 9 heteroatoms. The molecule has 1 aromatic heterocycles. The third-order valence-corrected chi connectivity index (χ3v) is 5.63. The maximum atomic E-state index is 13.0. The number of fused-ring (bicyclic) bond motifs is 1. The number of ether oxygens (including phenoxy) is 1. The Morgan fingerprint density at radius 2 is 2.21 bits per heavy atom. The number of piperazine rings is 1. The zero-order chi connectivity index (χ0) is 21.0. The lowest BCUT2D eigenvalue weighted by molar-refractivity contribution is -0.151. The van der Waals surface area contributed by atoms with Crippen LogP contribution in [0, 0.1) is 11.8 Å². The molecule has 2 aliphatic heterocycles. The Bertz CT molecular complexity index is 720. The minimum absolute atomic E-state index is 0.0139. The van der Waals surface area contributed by atoms with Crippen LogP contribution in [0.3, 0.4) is 0 Å². The van der Waals surface area contributed by atoms with E-state index >= 15 is 0 Å². The summed E-state index contributed by atoms with van der Waals surface area (Å²) in [7, 11) is 0. The average Bonchev–Trinajstić information content (AvgIpc) is 3.32. The molecule has 2 fully saturated rings. The van der Waals surface area contributed by atoms with Gasteiger partial charge in [0.1, 0.15) is 6.61 Å². The minimum Gasteiger partial charge on any atom is -0.372 e. The molecule has 0 aromatic carbocycles. The molecule has 3 amide bonds. The second-order valence-corrected chi connectivity index (χ2v) is 8.21. The summed E-state index contributed by atoms with van der Waals surface area (Å²) in [4.78, 5) is 41.6. The molecule has 160 valence electrons. The van der Waals surface area contributed by atoms with E-state index in [1.165, 1.54) is 0 Å². The van der Waals surface area contributed by atoms with Crippen molar-refractivity contribution in [1.82, 2.24) is 25.3 Å². The molecular formula is C20H31N5O4. The third-order valence-electron chi connectivity index (χ3n) is 5.63. The Labute approximate surface area is 171 Å². The number of nitrogens with one attached hydrogen (secondary N) is 2. The van der Waals surface area contributed by atoms with Crippen molar-refractivity contribution in [2.45, 2.75) is 52.2 Å². The molecule has 0 radical (unpaired) electrons. The molecule has 1 aromatic rings. The van der Waals surface area contributed by atoms with Crippen LogP contribution in [0.5, 0.6) is 0 Å². The first kappa shape index (κ1) is 21.3. The highest BCUT2D eigenvalue weighted by Crippen LogP contribution is 2.36. The number of rotatable bonds is 8. The highest BCUT2D eigenvalue weighted by molar-refractivity contribution is 5.89. The number of nitrogens with zero attached hydrogens (tertiary/aromatic N) is 3. The Morgan fingerprint density at radius 3 is 2.86 bits per heavy atom. The lowest BCUT2D eigenvalue weighted by atomic mass is 9.91. The van der Waals surface area contributed by atoms with E-state index in [1.54, 1.807) is 11.1 Å². The third kappa shape index (κ3) is 4.95. The van der Waals surface area contributed by atoms with E-state index in [-0.39, 0.29) is 48.9 Å². The van der Waals surface area contributed by atoms with Gasteiger partial charge < -0.3 is 19.9 Å². The standard InChI is InChI=1S/C20H31N5O4/c1-4-29-12-19(27)24-10-15-8-16(20(28)21-9-14-5-6-22-23-14)17(7-13(2)3)25(15)18(26)11-24/h5-6,13,15-17H,4,7-12H2,1-3H3,(H,21,28)(H,22,23)/t15-,16-,17-/m0/s1. The number of carbonyl (C=O) groups is 3. The van der Waals surface area contributed by atoms with Crippen molar-refractivity contribution < 1.29 is 19.1 Å². The van der Waals surface area contributed by atoms with Crippen molar-refractivity contribution >= 4 is 17.7 Å². The molecule has 0 bridgehead atoms. The van der Waals surface area contributed by atoms with Gasteiger partial charge in [-0.15, -0.1) is 0 Å². The van der Waals surface area contributed by atoms with E-state index in [9.17, 15) is 14.4 Å². The van der Waals surface area contributed by atoms with Crippen molar-refractivity contribution in [1.29, 1.82) is 0 Å². The lowest BCUT2D eigenvalue weighted by Gasteiger charge is -2.40. The fraction of sp³-hybridized carbons (Fsp3) is 0.700. The molecule has 3 rings (SSSR count). The van der Waals surface area contributed by atoms with Gasteiger partial charge in [-0.2, -0.15) is 5.10 Å². The van der Waals surface area contributed by atoms with Gasteiger partial charge in [-0.25, -0.2) is 0 Å². The zero-order valence-electron chi connectivity index (χ0n) is 17.4. The summed E-state index contributed by atoms with van der Waals surface area (Å²) < 4.78 is 5.21. The SMILES string of the molecule is CCOCC(=O)N1CC(=O)N2[C@@H](C[C@H](C(=O)NCc3ccn[nH]3)[C@@H]2CC(C)C)C1. The molecule has 2 N–H and O–H groups in total. The lowest BCUT2D eigenvalue weighted by Crippen LogP contribution is -2.58. The highest BCUT2D eigenvalue weighted by atomic mass is 16.5. The summed E-state index contributed by atoms with van der Waals surface area (Å²) in [5, 5.41) is 9.69. The van der Waals surface area contributed by atoms with Gasteiger partial charge in [0.25, 0.3) is 0 Å². The van der Waals surface area contributed by atoms with Gasteiger partial charge in [-0.05, 0) is 31.7 Å². The van der Waals surface area contributed by atoms with Gasteiger partial charge in [0.05, 0.1) is 30.7 Å². The van der Waals surface area contributed by atoms with E-state index in [0.29, 0.717) is 32.0 Å². The van der Waals surface area contributed by atoms with Crippen molar-refractivity contribution in [3.8, 4) is 0 Å². The Balaban J connectivity index is 1.70. The number of carbonyl (C=O) groups excluding carboxylic acids is 3. The summed E-state index contributed by atoms with van der Waals surface area (Å²) >= 11 is 0. The van der Waals surface area contributed by atoms with Gasteiger partial charge >= 0.3 is 0 Å². The molecule has 0 aliphatic carbocycles. The Kier molecular flexibility index (Phi) is 6.89. The van der Waals surface area contributed by atoms with Crippen LogP contribution in [0.1, 0.15) is 39.3 Å². The monoisotopic (exact) mass is 405 g/mol. The summed E-state index contributed by atoms with van der Waals surface area (Å²) in [5.41, 5.74) is 0.832. The smallest absolute Gasteiger partial charge is 0.249 e. The maximum Gasteiger partial charge on any atom is 0.249 e. The van der Waals surface area contributed by atoms with Gasteiger partial charge in [0, 0.05) is 25.4 Å². The molecular weight excluding hydrogens is 374 g/mol. The number of H-pyrrole nitrogens is 1. The summed E-state index contributed by atoms with van der Waals surface area (Å²) in [6, 6.07) is 1.54. The van der Waals surface area contributed by atoms with E-state index in [4.69, 9.17) is 4.74 Å². The molecule has 2 aliphatic rings. The summed E-state index contributed by atoms with van der Waals surface area (Å²) in [6.07, 6.45) is 2.97. The first-order chi connectivity index (χ1) is 13.9. The summed E-state index contributed by atoms with van der Waals surface area (Å²) in [5.74, 6) is -0.240. The van der Waals surface area contributed by atoms with E-state index in [1.807, 2.05) is 17.9 Å². The van der Waals surface area contributed by atoms with Crippen molar-refractivity contribution in [3.05, 3.63) is 18.0 Å². The van der Waals surface area contributed by atoms with Crippen LogP contribution in [-0.2, 0) is 25.7 Å². The first-order valence-corrected chi connectivity index (χ1v) is 10.3. The van der Waals surface area contributed by atoms with Crippen LogP contribution in [0.15, 0.2) is 12.3 Å². The molecule has 3 atom stereocenters. The molecule has 0 spiro atoms. The van der Waals surface area contributed by atoms with Crippen LogP contribution in [0.2, 0.25) is 0 Å². The highest BCUT2D eigenvalue weighted by Gasteiger charge is 2.50. The molecule has 29 heavy (non-hydrogen) atoms. The number of amides is 3. The van der Waals surface area contributed by atoms with Crippen LogP contribution in [0.25, 0.3) is 0 Å². The largest absolute Gasteiger partial charge is 0.372 e. The predicted molar refractivity (Wildman–Crippen MR) is 105 cm³/mol. The molecule has 3 heterocycles. The quantitative estimate of drug-likeness (QED) is 0.656. The van der Waals surface area contributed by atoms with Gasteiger partial charge in [0.15, 0.2) is 0 Å². The minimum atomic E-state index is -0.281. The van der Waals surface area contributed by atoms with Gasteiger partial charge in [-0.3, -0.25) is 19.5 Å². The normalized spacial score (nSPS) is 24.1. The number of hydrogen-bond acceptors (Lipinski definition) is 5. The van der Waals surface area contributed by atoms with E-state index in [2.05, 4.69) is 29.4 Å². The second kappa shape index (κ2) is 9.39. The average molecular weight is 405 g/mol. The fourth-order valence-electron chi connectivity index (χ4n) is 4.35. The molecule has 9 nitrogen and oxygen atoms in total. The number of hydrogen-bond donors (Lipinski definition) is 2. The second-order valence-electron chi connectivity index (χ2n) is 8.21. The molecule has 0 unspecified atom stereocenters. The maximum absolute atomic E-state index is 13.0. The molecule has 2 saturated heterocycles. The van der Waals surface area contributed by atoms with Crippen LogP contribution >= 0.6 is 0 Å². The van der Waals surface area contributed by atoms with Gasteiger partial charge in [0.2, 0.25) is 17.7 Å². The Hall–Kier alpha value is -2.42. The number of aromatic amines is 1. The van der Waals surface area contributed by atoms with Crippen LogP contribution in [-0.4, -0.2) is 76.1 Å². The van der Waals surface area contributed by atoms with Crippen molar-refractivity contribution in [3.63, 3.8) is 0 Å². The topological polar surface area (TPSA) is 108 Å². The van der Waals surface area contributed by atoms with E-state index < -0.39 is 0 Å². The van der Waals surface area contributed by atoms with Gasteiger partial charge in [-0.1, -0.05) is 13.8 Å². The fourth-order valence-corrected chi connectivity index (χ4v) is 4.35. The molecule has 0 saturated carbocycles. The van der Waals surface area contributed by atoms with Crippen LogP contribution in [0.4, 0.5) is 0 Å².